The van der Waals surface area contributed by atoms with Crippen LogP contribution in [0.15, 0.2) is 30.3 Å². The van der Waals surface area contributed by atoms with Gasteiger partial charge in [-0.15, -0.1) is 0 Å². The van der Waals surface area contributed by atoms with E-state index in [1.807, 2.05) is 30.3 Å². The van der Waals surface area contributed by atoms with Crippen LogP contribution < -0.4 is 10.6 Å². The van der Waals surface area contributed by atoms with Crippen LogP contribution in [-0.4, -0.2) is 23.5 Å². The van der Waals surface area contributed by atoms with E-state index in [4.69, 9.17) is 0 Å². The van der Waals surface area contributed by atoms with E-state index in [1.165, 1.54) is 0 Å². The summed E-state index contributed by atoms with van der Waals surface area (Å²) in [6.45, 7) is 7.55. The molecule has 0 aliphatic carbocycles. The molecule has 0 aliphatic heterocycles. The molecule has 1 aromatic heterocycles. The van der Waals surface area contributed by atoms with Crippen LogP contribution in [0.1, 0.15) is 5.69 Å². The summed E-state index contributed by atoms with van der Waals surface area (Å²) >= 11 is 0. The average molecular weight is 246 g/mol. The van der Waals surface area contributed by atoms with E-state index < -0.39 is 8.07 Å². The Hall–Kier alpha value is -1.62. The number of aromatic amines is 1. The highest BCUT2D eigenvalue weighted by molar-refractivity contribution is 6.88. The molecule has 0 unspecified atom stereocenters. The van der Waals surface area contributed by atoms with Crippen molar-refractivity contribution in [2.45, 2.75) is 26.2 Å². The molecule has 0 fully saturated rings. The maximum Gasteiger partial charge on any atom is 0.106 e. The van der Waals surface area contributed by atoms with Gasteiger partial charge in [0, 0.05) is 5.69 Å². The van der Waals surface area contributed by atoms with Crippen LogP contribution >= 0.6 is 0 Å². The highest BCUT2D eigenvalue weighted by Crippen LogP contribution is 2.08. The number of anilines is 1. The van der Waals surface area contributed by atoms with E-state index in [0.717, 1.165) is 23.2 Å². The minimum atomic E-state index is -1.41. The number of nitrogens with zero attached hydrogens (tertiary/aromatic N) is 2. The standard InChI is InChI=1S/C12H18N4Si/c1-17(2,3)12-11(14-16-15-12)9-13-10-7-5-4-6-8-10/h4-8,13H,9H2,1-3H3,(H,14,15,16). The average Bonchev–Trinajstić information content (AvgIpc) is 2.75. The Morgan fingerprint density at radius 3 is 2.47 bits per heavy atom. The van der Waals surface area contributed by atoms with Gasteiger partial charge in [0.25, 0.3) is 0 Å². The topological polar surface area (TPSA) is 53.6 Å². The number of aromatic nitrogens is 3. The van der Waals surface area contributed by atoms with Gasteiger partial charge in [-0.25, -0.2) is 0 Å². The van der Waals surface area contributed by atoms with Gasteiger partial charge in [0.15, 0.2) is 0 Å². The quantitative estimate of drug-likeness (QED) is 0.811. The summed E-state index contributed by atoms with van der Waals surface area (Å²) in [5.41, 5.74) is 2.14. The first-order valence-electron chi connectivity index (χ1n) is 5.76. The van der Waals surface area contributed by atoms with Crippen molar-refractivity contribution < 1.29 is 0 Å². The van der Waals surface area contributed by atoms with Crippen LogP contribution in [0.4, 0.5) is 5.69 Å². The molecule has 5 heteroatoms. The number of para-hydroxylation sites is 1. The van der Waals surface area contributed by atoms with Crippen molar-refractivity contribution in [3.05, 3.63) is 36.0 Å². The first-order chi connectivity index (χ1) is 8.07. The summed E-state index contributed by atoms with van der Waals surface area (Å²) in [5, 5.41) is 15.8. The number of hydrogen-bond acceptors (Lipinski definition) is 3. The number of H-pyrrole nitrogens is 1. The third-order valence-electron chi connectivity index (χ3n) is 2.56. The molecule has 0 aliphatic rings. The molecule has 0 atom stereocenters. The second-order valence-corrected chi connectivity index (χ2v) is 10.1. The second-order valence-electron chi connectivity index (χ2n) is 5.09. The predicted molar refractivity (Wildman–Crippen MR) is 73.1 cm³/mol. The van der Waals surface area contributed by atoms with E-state index >= 15 is 0 Å². The van der Waals surface area contributed by atoms with Gasteiger partial charge >= 0.3 is 0 Å². The maximum atomic E-state index is 4.29. The lowest BCUT2D eigenvalue weighted by molar-refractivity contribution is 0.912. The molecule has 2 rings (SSSR count). The SMILES string of the molecule is C[Si](C)(C)c1n[nH]nc1CNc1ccccc1. The van der Waals surface area contributed by atoms with Gasteiger partial charge in [0.2, 0.25) is 0 Å². The second kappa shape index (κ2) is 4.71. The van der Waals surface area contributed by atoms with Crippen LogP contribution in [0.2, 0.25) is 19.6 Å². The molecule has 0 saturated heterocycles. The van der Waals surface area contributed by atoms with Gasteiger partial charge in [0.05, 0.1) is 11.9 Å². The van der Waals surface area contributed by atoms with Gasteiger partial charge < -0.3 is 5.32 Å². The normalized spacial score (nSPS) is 11.5. The van der Waals surface area contributed by atoms with E-state index in [9.17, 15) is 0 Å². The molecule has 90 valence electrons. The summed E-state index contributed by atoms with van der Waals surface area (Å²) in [6, 6.07) is 10.1. The van der Waals surface area contributed by atoms with Gasteiger partial charge in [-0.2, -0.15) is 15.4 Å². The third kappa shape index (κ3) is 2.94. The zero-order valence-electron chi connectivity index (χ0n) is 10.5. The summed E-state index contributed by atoms with van der Waals surface area (Å²) in [5.74, 6) is 0. The fourth-order valence-electron chi connectivity index (χ4n) is 1.72. The molecule has 2 aromatic rings. The third-order valence-corrected chi connectivity index (χ3v) is 4.39. The lowest BCUT2D eigenvalue weighted by atomic mass is 10.3. The van der Waals surface area contributed by atoms with E-state index in [0.29, 0.717) is 0 Å². The molecule has 0 bridgehead atoms. The molecule has 0 saturated carbocycles. The minimum absolute atomic E-state index is 0.722. The summed E-state index contributed by atoms with van der Waals surface area (Å²) in [7, 11) is -1.41. The number of benzene rings is 1. The Morgan fingerprint density at radius 1 is 1.12 bits per heavy atom. The van der Waals surface area contributed by atoms with Gasteiger partial charge in [0.1, 0.15) is 13.8 Å². The minimum Gasteiger partial charge on any atom is -0.379 e. The molecule has 0 radical (unpaired) electrons. The smallest absolute Gasteiger partial charge is 0.106 e. The van der Waals surface area contributed by atoms with E-state index in [1.54, 1.807) is 0 Å². The van der Waals surface area contributed by atoms with Crippen LogP contribution in [0.5, 0.6) is 0 Å². The van der Waals surface area contributed by atoms with Crippen LogP contribution in [-0.2, 0) is 6.54 Å². The van der Waals surface area contributed by atoms with E-state index in [-0.39, 0.29) is 0 Å². The van der Waals surface area contributed by atoms with Crippen molar-refractivity contribution >= 4 is 19.1 Å². The number of rotatable bonds is 4. The summed E-state index contributed by atoms with van der Waals surface area (Å²) in [6.07, 6.45) is 0. The highest BCUT2D eigenvalue weighted by Gasteiger charge is 2.24. The lowest BCUT2D eigenvalue weighted by Gasteiger charge is -2.14. The van der Waals surface area contributed by atoms with Crippen LogP contribution in [0.3, 0.4) is 0 Å². The summed E-state index contributed by atoms with van der Waals surface area (Å²) < 4.78 is 0. The number of hydrogen-bond donors (Lipinski definition) is 2. The molecule has 1 heterocycles. The fraction of sp³-hybridized carbons (Fsp3) is 0.333. The molecule has 1 aromatic carbocycles. The monoisotopic (exact) mass is 246 g/mol. The molecular formula is C12H18N4Si. The Labute approximate surface area is 102 Å². The first-order valence-corrected chi connectivity index (χ1v) is 9.26. The Balaban J connectivity index is 2.08. The molecule has 2 N–H and O–H groups in total. The Kier molecular flexibility index (Phi) is 3.28. The molecular weight excluding hydrogens is 228 g/mol. The van der Waals surface area contributed by atoms with Gasteiger partial charge in [-0.1, -0.05) is 37.8 Å². The van der Waals surface area contributed by atoms with Crippen molar-refractivity contribution in [3.8, 4) is 0 Å². The molecule has 0 spiro atoms. The van der Waals surface area contributed by atoms with Crippen molar-refractivity contribution in [2.24, 2.45) is 0 Å². The fourth-order valence-corrected chi connectivity index (χ4v) is 3.11. The van der Waals surface area contributed by atoms with Crippen molar-refractivity contribution in [1.29, 1.82) is 0 Å². The van der Waals surface area contributed by atoms with Crippen LogP contribution in [0, 0.1) is 0 Å². The summed E-state index contributed by atoms with van der Waals surface area (Å²) in [4.78, 5) is 0. The largest absolute Gasteiger partial charge is 0.379 e. The zero-order chi connectivity index (χ0) is 12.3. The molecule has 0 amide bonds. The number of nitrogens with one attached hydrogen (secondary N) is 2. The van der Waals surface area contributed by atoms with E-state index in [2.05, 4.69) is 40.4 Å². The van der Waals surface area contributed by atoms with Crippen molar-refractivity contribution in [3.63, 3.8) is 0 Å². The zero-order valence-corrected chi connectivity index (χ0v) is 11.5. The maximum absolute atomic E-state index is 4.29. The highest BCUT2D eigenvalue weighted by atomic mass is 28.3. The predicted octanol–water partition coefficient (Wildman–Crippen LogP) is 1.96. The Bertz CT molecular complexity index is 473. The molecule has 17 heavy (non-hydrogen) atoms. The first kappa shape index (κ1) is 11.9. The van der Waals surface area contributed by atoms with Crippen molar-refractivity contribution in [2.75, 3.05) is 5.32 Å². The Morgan fingerprint density at radius 2 is 1.82 bits per heavy atom. The van der Waals surface area contributed by atoms with Gasteiger partial charge in [-0.05, 0) is 12.1 Å². The van der Waals surface area contributed by atoms with Crippen molar-refractivity contribution in [1.82, 2.24) is 15.4 Å². The van der Waals surface area contributed by atoms with Crippen LogP contribution in [0.25, 0.3) is 0 Å². The lowest BCUT2D eigenvalue weighted by Crippen LogP contribution is -2.41. The molecule has 4 nitrogen and oxygen atoms in total. The van der Waals surface area contributed by atoms with Gasteiger partial charge in [-0.3, -0.25) is 0 Å².